The summed E-state index contributed by atoms with van der Waals surface area (Å²) in [5.41, 5.74) is -1.05. The first kappa shape index (κ1) is 17.3. The predicted molar refractivity (Wildman–Crippen MR) is 76.8 cm³/mol. The summed E-state index contributed by atoms with van der Waals surface area (Å²) in [5, 5.41) is 8.99. The van der Waals surface area contributed by atoms with Crippen LogP contribution in [0.2, 0.25) is 0 Å². The van der Waals surface area contributed by atoms with E-state index in [9.17, 15) is 22.8 Å². The van der Waals surface area contributed by atoms with Crippen molar-refractivity contribution in [1.29, 1.82) is 0 Å². The summed E-state index contributed by atoms with van der Waals surface area (Å²) < 4.78 is 39.3. The Morgan fingerprint density at radius 1 is 1.22 bits per heavy atom. The number of benzene rings is 1. The Balaban J connectivity index is 2.08. The molecule has 23 heavy (non-hydrogen) atoms. The van der Waals surface area contributed by atoms with Gasteiger partial charge < -0.3 is 10.0 Å². The number of hydrogen-bond acceptors (Lipinski definition) is 2. The van der Waals surface area contributed by atoms with Crippen molar-refractivity contribution in [2.45, 2.75) is 32.4 Å². The Bertz CT molecular complexity index is 598. The summed E-state index contributed by atoms with van der Waals surface area (Å²) in [6.45, 7) is 0.975. The van der Waals surface area contributed by atoms with Crippen LogP contribution < -0.4 is 0 Å². The minimum atomic E-state index is -4.88. The highest BCUT2D eigenvalue weighted by Crippen LogP contribution is 2.45. The number of amides is 1. The number of aryl methyl sites for hydroxylation is 1. The van der Waals surface area contributed by atoms with E-state index in [0.29, 0.717) is 5.56 Å². The molecule has 1 fully saturated rings. The van der Waals surface area contributed by atoms with Crippen molar-refractivity contribution in [3.8, 4) is 0 Å². The van der Waals surface area contributed by atoms with E-state index in [0.717, 1.165) is 16.9 Å². The van der Waals surface area contributed by atoms with Gasteiger partial charge in [0.2, 0.25) is 5.91 Å². The quantitative estimate of drug-likeness (QED) is 0.924. The molecule has 1 amide bonds. The lowest BCUT2D eigenvalue weighted by Gasteiger charge is -2.27. The van der Waals surface area contributed by atoms with E-state index in [1.807, 2.05) is 19.1 Å². The van der Waals surface area contributed by atoms with Gasteiger partial charge in [0.15, 0.2) is 5.41 Å². The second kappa shape index (κ2) is 6.22. The van der Waals surface area contributed by atoms with E-state index < -0.39 is 36.4 Å². The van der Waals surface area contributed by atoms with Crippen molar-refractivity contribution < 1.29 is 27.9 Å². The van der Waals surface area contributed by atoms with Gasteiger partial charge in [-0.05, 0) is 24.0 Å². The summed E-state index contributed by atoms with van der Waals surface area (Å²) >= 11 is 0. The van der Waals surface area contributed by atoms with Crippen LogP contribution in [0.4, 0.5) is 13.2 Å². The molecule has 1 atom stereocenters. The fraction of sp³-hybridized carbons (Fsp3) is 0.500. The third kappa shape index (κ3) is 3.33. The summed E-state index contributed by atoms with van der Waals surface area (Å²) in [7, 11) is 0. The first-order chi connectivity index (χ1) is 10.7. The molecule has 1 N–H and O–H groups in total. The van der Waals surface area contributed by atoms with Crippen LogP contribution in [-0.4, -0.2) is 41.1 Å². The summed E-state index contributed by atoms with van der Waals surface area (Å²) in [5.74, 6) is -2.41. The zero-order valence-corrected chi connectivity index (χ0v) is 12.7. The molecular formula is C16H18F3NO3. The molecule has 2 rings (SSSR count). The molecule has 1 aliphatic heterocycles. The number of hydrogen-bond donors (Lipinski definition) is 1. The van der Waals surface area contributed by atoms with Gasteiger partial charge in [0.25, 0.3) is 0 Å². The van der Waals surface area contributed by atoms with Crippen LogP contribution in [0.5, 0.6) is 0 Å². The molecule has 126 valence electrons. The highest BCUT2D eigenvalue weighted by Gasteiger charge is 2.64. The van der Waals surface area contributed by atoms with Crippen LogP contribution in [0.1, 0.15) is 24.5 Å². The molecule has 1 heterocycles. The summed E-state index contributed by atoms with van der Waals surface area (Å²) in [6, 6.07) is 7.26. The molecule has 0 radical (unpaired) electrons. The number of alkyl halides is 3. The zero-order chi connectivity index (χ0) is 17.3. The molecule has 0 aliphatic carbocycles. The summed E-state index contributed by atoms with van der Waals surface area (Å²) in [6.07, 6.45) is -4.66. The second-order valence-corrected chi connectivity index (χ2v) is 5.80. The maximum Gasteiger partial charge on any atom is 0.406 e. The Hall–Kier alpha value is -2.05. The number of carbonyl (C=O) groups is 2. The molecule has 0 spiro atoms. The lowest BCUT2D eigenvalue weighted by Crippen LogP contribution is -2.47. The Morgan fingerprint density at radius 3 is 2.22 bits per heavy atom. The Kier molecular flexibility index (Phi) is 4.68. The van der Waals surface area contributed by atoms with Crippen LogP contribution in [-0.2, 0) is 22.4 Å². The van der Waals surface area contributed by atoms with Crippen molar-refractivity contribution in [3.05, 3.63) is 35.4 Å². The standard InChI is InChI=1S/C16H18F3NO3/c1-2-11-3-5-12(6-4-11)9-13(21)20-8-7-15(10-20,14(22)23)16(17,18)19/h3-6H,2,7-10H2,1H3,(H,22,23). The van der Waals surface area contributed by atoms with Crippen LogP contribution in [0.15, 0.2) is 24.3 Å². The highest BCUT2D eigenvalue weighted by atomic mass is 19.4. The second-order valence-electron chi connectivity index (χ2n) is 5.80. The molecule has 1 aliphatic rings. The maximum atomic E-state index is 13.1. The molecule has 1 aromatic carbocycles. The molecule has 1 unspecified atom stereocenters. The monoisotopic (exact) mass is 329 g/mol. The van der Waals surface area contributed by atoms with Gasteiger partial charge in [0.1, 0.15) is 0 Å². The van der Waals surface area contributed by atoms with Crippen molar-refractivity contribution in [2.24, 2.45) is 5.41 Å². The molecule has 1 aromatic rings. The van der Waals surface area contributed by atoms with Crippen molar-refractivity contribution in [2.75, 3.05) is 13.1 Å². The first-order valence-electron chi connectivity index (χ1n) is 7.35. The number of carboxylic acids is 1. The number of rotatable bonds is 4. The predicted octanol–water partition coefficient (Wildman–Crippen LogP) is 2.66. The van der Waals surface area contributed by atoms with Crippen molar-refractivity contribution >= 4 is 11.9 Å². The zero-order valence-electron chi connectivity index (χ0n) is 12.7. The van der Waals surface area contributed by atoms with E-state index in [1.165, 1.54) is 0 Å². The van der Waals surface area contributed by atoms with Gasteiger partial charge in [-0.15, -0.1) is 0 Å². The third-order valence-electron chi connectivity index (χ3n) is 4.36. The van der Waals surface area contributed by atoms with E-state index in [-0.39, 0.29) is 13.0 Å². The number of aliphatic carboxylic acids is 1. The normalized spacial score (nSPS) is 21.5. The van der Waals surface area contributed by atoms with Gasteiger partial charge in [-0.2, -0.15) is 13.2 Å². The van der Waals surface area contributed by atoms with Crippen molar-refractivity contribution in [1.82, 2.24) is 4.90 Å². The van der Waals surface area contributed by atoms with E-state index in [4.69, 9.17) is 5.11 Å². The molecule has 0 aromatic heterocycles. The summed E-state index contributed by atoms with van der Waals surface area (Å²) in [4.78, 5) is 24.3. The average Bonchev–Trinajstić information content (AvgIpc) is 2.94. The average molecular weight is 329 g/mol. The fourth-order valence-corrected chi connectivity index (χ4v) is 2.73. The van der Waals surface area contributed by atoms with Crippen LogP contribution in [0.3, 0.4) is 0 Å². The molecule has 7 heteroatoms. The lowest BCUT2D eigenvalue weighted by atomic mass is 9.86. The van der Waals surface area contributed by atoms with Gasteiger partial charge in [-0.3, -0.25) is 9.59 Å². The van der Waals surface area contributed by atoms with Gasteiger partial charge in [-0.1, -0.05) is 31.2 Å². The molecule has 4 nitrogen and oxygen atoms in total. The van der Waals surface area contributed by atoms with Crippen LogP contribution in [0.25, 0.3) is 0 Å². The smallest absolute Gasteiger partial charge is 0.406 e. The fourth-order valence-electron chi connectivity index (χ4n) is 2.73. The number of carboxylic acid groups (broad SMARTS) is 1. The SMILES string of the molecule is CCc1ccc(CC(=O)N2CCC(C(=O)O)(C(F)(F)F)C2)cc1. The highest BCUT2D eigenvalue weighted by molar-refractivity contribution is 5.82. The Morgan fingerprint density at radius 2 is 1.78 bits per heavy atom. The molecule has 0 bridgehead atoms. The molecular weight excluding hydrogens is 311 g/mol. The minimum absolute atomic E-state index is 0.0302. The van der Waals surface area contributed by atoms with Crippen LogP contribution in [0, 0.1) is 5.41 Å². The van der Waals surface area contributed by atoms with E-state index >= 15 is 0 Å². The maximum absolute atomic E-state index is 13.1. The number of likely N-dealkylation sites (tertiary alicyclic amines) is 1. The number of carbonyl (C=O) groups excluding carboxylic acids is 1. The number of halogens is 3. The lowest BCUT2D eigenvalue weighted by molar-refractivity contribution is -0.227. The molecule has 1 saturated heterocycles. The largest absolute Gasteiger partial charge is 0.481 e. The number of nitrogens with zero attached hydrogens (tertiary/aromatic N) is 1. The van der Waals surface area contributed by atoms with Crippen LogP contribution >= 0.6 is 0 Å². The van der Waals surface area contributed by atoms with Gasteiger partial charge in [-0.25, -0.2) is 0 Å². The van der Waals surface area contributed by atoms with Gasteiger partial charge in [0, 0.05) is 13.1 Å². The first-order valence-corrected chi connectivity index (χ1v) is 7.35. The Labute approximate surface area is 131 Å². The third-order valence-corrected chi connectivity index (χ3v) is 4.36. The van der Waals surface area contributed by atoms with Gasteiger partial charge >= 0.3 is 12.1 Å². The molecule has 0 saturated carbocycles. The topological polar surface area (TPSA) is 57.6 Å². The van der Waals surface area contributed by atoms with Gasteiger partial charge in [0.05, 0.1) is 6.42 Å². The van der Waals surface area contributed by atoms with Crippen molar-refractivity contribution in [3.63, 3.8) is 0 Å². The van der Waals surface area contributed by atoms with E-state index in [1.54, 1.807) is 12.1 Å². The minimum Gasteiger partial charge on any atom is -0.481 e. The van der Waals surface area contributed by atoms with E-state index in [2.05, 4.69) is 0 Å².